The summed E-state index contributed by atoms with van der Waals surface area (Å²) in [5, 5.41) is 184. The normalized spacial score (nSPS) is 45.9. The second-order valence-electron chi connectivity index (χ2n) is 19.3. The zero-order valence-electron chi connectivity index (χ0n) is 41.7. The number of carbonyl (C=O) groups is 1. The third-order valence-corrected chi connectivity index (χ3v) is 14.7. The van der Waals surface area contributed by atoms with Crippen LogP contribution >= 0.6 is 15.8 Å². The molecule has 1 aromatic rings. The van der Waals surface area contributed by atoms with E-state index in [1.54, 1.807) is 6.07 Å². The second kappa shape index (κ2) is 29.1. The van der Waals surface area contributed by atoms with Crippen molar-refractivity contribution < 1.29 is 176 Å². The van der Waals surface area contributed by atoms with Crippen LogP contribution in [0.2, 0.25) is 0 Å². The van der Waals surface area contributed by atoms with Crippen molar-refractivity contribution in [3.05, 3.63) is 35.9 Å². The Morgan fingerprint density at radius 1 is 0.383 bits per heavy atom. The molecule has 12 unspecified atom stereocenters. The molecule has 6 aliphatic heterocycles. The quantitative estimate of drug-likeness (QED) is 0.0379. The van der Waals surface area contributed by atoms with Crippen molar-refractivity contribution in [2.24, 2.45) is 0 Å². The SMILES string of the molecule is O=C(O[C@@H]1C(O)[C@H](O)C(COP(=O)=O)O[C@@H]1O[C@@H]1C(O)[C@H](O)C(CO)O[C@@H]1OC1[C@H](O)C(CO[C@H]2OC(CO[C@H]3OC(CO)[C@@H](O)C(O)[C@H]3O[C@H]3OC(COP(=O)=O)[C@@H](O)C(O)[C@H]3O)[C@@H](O)C(O)[C@H]2O)O[C@@H](O)[C@@H]1O)c1ccccc1. The van der Waals surface area contributed by atoms with Gasteiger partial charge in [-0.1, -0.05) is 18.2 Å². The van der Waals surface area contributed by atoms with Crippen molar-refractivity contribution >= 4 is 21.8 Å². The van der Waals surface area contributed by atoms with E-state index in [9.17, 15) is 110 Å². The molecule has 0 radical (unpaired) electrons. The van der Waals surface area contributed by atoms with E-state index >= 15 is 0 Å². The first-order valence-electron chi connectivity index (χ1n) is 24.7. The number of hydrogen-bond acceptors (Lipinski definition) is 36. The second-order valence-corrected chi connectivity index (χ2v) is 20.7. The molecule has 6 heterocycles. The predicted octanol–water partition coefficient (Wildman–Crippen LogP) is -10.0. The van der Waals surface area contributed by atoms with Gasteiger partial charge in [-0.05, 0) is 12.1 Å². The summed E-state index contributed by atoms with van der Waals surface area (Å²) in [5.74, 6) is -1.12. The molecular formula is C43H64O36P2. The first-order chi connectivity index (χ1) is 38.4. The molecule has 462 valence electrons. The highest BCUT2D eigenvalue weighted by molar-refractivity contribution is 7.24. The third-order valence-electron chi connectivity index (χ3n) is 14.0. The maximum atomic E-state index is 13.2. The number of carbonyl (C=O) groups excluding carboxylic acids is 1. The lowest BCUT2D eigenvalue weighted by Gasteiger charge is -2.48. The molecule has 6 aliphatic rings. The summed E-state index contributed by atoms with van der Waals surface area (Å²) in [6, 6.07) is 7.09. The van der Waals surface area contributed by atoms with Crippen LogP contribution in [0.4, 0.5) is 0 Å². The molecule has 0 spiro atoms. The fraction of sp³-hybridized carbons (Fsp3) is 0.837. The fourth-order valence-electron chi connectivity index (χ4n) is 9.38. The maximum absolute atomic E-state index is 13.2. The molecule has 17 N–H and O–H groups in total. The van der Waals surface area contributed by atoms with Crippen molar-refractivity contribution in [3.8, 4) is 0 Å². The molecule has 0 amide bonds. The highest BCUT2D eigenvalue weighted by Crippen LogP contribution is 2.36. The minimum absolute atomic E-state index is 0.0854. The smallest absolute Gasteiger partial charge is 0.450 e. The van der Waals surface area contributed by atoms with Crippen LogP contribution in [0.1, 0.15) is 10.4 Å². The molecular weight excluding hydrogens is 1150 g/mol. The van der Waals surface area contributed by atoms with Crippen LogP contribution in [-0.2, 0) is 84.2 Å². The summed E-state index contributed by atoms with van der Waals surface area (Å²) < 4.78 is 121. The Balaban J connectivity index is 1.05. The van der Waals surface area contributed by atoms with E-state index in [4.69, 9.17) is 56.8 Å². The Bertz CT molecular complexity index is 2270. The molecule has 36 nitrogen and oxygen atoms in total. The molecule has 0 aliphatic carbocycles. The van der Waals surface area contributed by atoms with Crippen LogP contribution in [0.15, 0.2) is 30.3 Å². The van der Waals surface area contributed by atoms with Crippen LogP contribution in [0.5, 0.6) is 0 Å². The van der Waals surface area contributed by atoms with Crippen molar-refractivity contribution in [3.63, 3.8) is 0 Å². The highest BCUT2D eigenvalue weighted by Gasteiger charge is 2.57. The van der Waals surface area contributed by atoms with Gasteiger partial charge in [-0.15, -0.1) is 0 Å². The van der Waals surface area contributed by atoms with Gasteiger partial charge in [0.1, 0.15) is 140 Å². The number of benzene rings is 1. The summed E-state index contributed by atoms with van der Waals surface area (Å²) in [5.41, 5.74) is -0.0854. The predicted molar refractivity (Wildman–Crippen MR) is 243 cm³/mol. The van der Waals surface area contributed by atoms with Crippen molar-refractivity contribution in [1.82, 2.24) is 0 Å². The van der Waals surface area contributed by atoms with Crippen LogP contribution in [0.3, 0.4) is 0 Å². The van der Waals surface area contributed by atoms with E-state index in [0.717, 1.165) is 0 Å². The van der Waals surface area contributed by atoms with E-state index < -0.39 is 246 Å². The molecule has 1 aromatic carbocycles. The Morgan fingerprint density at radius 3 is 1.31 bits per heavy atom. The van der Waals surface area contributed by atoms with Crippen molar-refractivity contribution in [2.75, 3.05) is 39.6 Å². The van der Waals surface area contributed by atoms with Gasteiger partial charge in [0.25, 0.3) is 0 Å². The zero-order valence-corrected chi connectivity index (χ0v) is 43.5. The molecule has 81 heavy (non-hydrogen) atoms. The molecule has 0 aromatic heterocycles. The molecule has 0 saturated carbocycles. The zero-order chi connectivity index (χ0) is 59.3. The fourth-order valence-corrected chi connectivity index (χ4v) is 9.91. The Labute approximate surface area is 456 Å². The van der Waals surface area contributed by atoms with Gasteiger partial charge in [-0.3, -0.25) is 9.05 Å². The number of ether oxygens (including phenoxy) is 12. The molecule has 30 atom stereocenters. The third kappa shape index (κ3) is 15.3. The highest BCUT2D eigenvalue weighted by atomic mass is 31.1. The van der Waals surface area contributed by atoms with E-state index in [2.05, 4.69) is 9.05 Å². The van der Waals surface area contributed by atoms with Gasteiger partial charge in [-0.25, -0.2) is 23.1 Å². The lowest BCUT2D eigenvalue weighted by Crippen LogP contribution is -2.67. The number of esters is 1. The van der Waals surface area contributed by atoms with Crippen LogP contribution in [0.25, 0.3) is 0 Å². The van der Waals surface area contributed by atoms with E-state index in [1.165, 1.54) is 24.3 Å². The summed E-state index contributed by atoms with van der Waals surface area (Å²) in [4.78, 5) is 13.2. The summed E-state index contributed by atoms with van der Waals surface area (Å²) >= 11 is 0. The molecule has 6 fully saturated rings. The number of rotatable bonds is 22. The molecule has 0 bridgehead atoms. The molecule has 6 saturated heterocycles. The number of aliphatic hydroxyl groups is 17. The Morgan fingerprint density at radius 2 is 0.765 bits per heavy atom. The minimum atomic E-state index is -3.56. The standard InChI is InChI=1S/C43H64O36P2/c44-6-13-19(46)27(54)34(78-40-31(58)26(53)22(49)17(74-40)10-68-80(62)63)41(71-13)67-8-15-21(48)25(52)30(57)39(73-15)66-9-16-24(51)33(32(59)38(61)70-16)77-43-36(28(55)20(47)14(7-45)72-43)79-42-35(76-37(60)12-4-2-1-3-5-12)29(56)23(50)18(75-42)11-69-81(64)65/h1-5,13-36,38-59,61H,6-11H2/t13?,14?,15?,16?,17?,18?,19-,20-,21-,22-,23-,24-,25?,26?,27?,28?,29?,30-,31-,32-,33?,34-,35-,36-,38-,39+,40-,41+,42-,43-/m1/s1. The Kier molecular flexibility index (Phi) is 23.7. The van der Waals surface area contributed by atoms with Crippen molar-refractivity contribution in [2.45, 2.75) is 184 Å². The van der Waals surface area contributed by atoms with E-state index in [-0.39, 0.29) is 5.56 Å². The number of aliphatic hydroxyl groups excluding tert-OH is 17. The van der Waals surface area contributed by atoms with Crippen molar-refractivity contribution in [1.29, 1.82) is 0 Å². The topological polar surface area (TPSA) is 558 Å². The Hall–Kier alpha value is -2.71. The summed E-state index contributed by atoms with van der Waals surface area (Å²) in [6.07, 6.45) is -60.6. The minimum Gasteiger partial charge on any atom is -0.450 e. The average Bonchev–Trinajstić information content (AvgIpc) is 3.44. The maximum Gasteiger partial charge on any atom is 0.468 e. The van der Waals surface area contributed by atoms with Gasteiger partial charge in [0.15, 0.2) is 43.8 Å². The van der Waals surface area contributed by atoms with Gasteiger partial charge in [-0.2, -0.15) is 0 Å². The number of hydrogen-bond donors (Lipinski definition) is 17. The summed E-state index contributed by atoms with van der Waals surface area (Å²) in [7, 11) is -7.05. The molecule has 7 rings (SSSR count). The van der Waals surface area contributed by atoms with Gasteiger partial charge >= 0.3 is 21.8 Å². The van der Waals surface area contributed by atoms with Crippen LogP contribution < -0.4 is 0 Å². The monoisotopic (exact) mass is 1220 g/mol. The lowest BCUT2D eigenvalue weighted by atomic mass is 9.96. The largest absolute Gasteiger partial charge is 0.468 e. The van der Waals surface area contributed by atoms with Crippen LogP contribution in [-0.4, -0.2) is 317 Å². The van der Waals surface area contributed by atoms with Gasteiger partial charge in [0.05, 0.1) is 45.2 Å². The van der Waals surface area contributed by atoms with Gasteiger partial charge < -0.3 is 144 Å². The first-order valence-corrected chi connectivity index (χ1v) is 26.9. The van der Waals surface area contributed by atoms with Gasteiger partial charge in [0.2, 0.25) is 0 Å². The summed E-state index contributed by atoms with van der Waals surface area (Å²) in [6.45, 7) is -5.72. The average molecular weight is 1220 g/mol. The lowest BCUT2D eigenvalue weighted by molar-refractivity contribution is -0.389. The van der Waals surface area contributed by atoms with Gasteiger partial charge in [0, 0.05) is 0 Å². The van der Waals surface area contributed by atoms with E-state index in [0.29, 0.717) is 0 Å². The van der Waals surface area contributed by atoms with E-state index in [1.807, 2.05) is 0 Å². The molecule has 38 heteroatoms. The first kappa shape index (κ1) is 65.8. The van der Waals surface area contributed by atoms with Crippen LogP contribution in [0, 0.1) is 0 Å².